The summed E-state index contributed by atoms with van der Waals surface area (Å²) in [5.74, 6) is 1.19. The smallest absolute Gasteiger partial charge is 0.243 e. The van der Waals surface area contributed by atoms with E-state index in [2.05, 4.69) is 10.1 Å². The summed E-state index contributed by atoms with van der Waals surface area (Å²) in [5.41, 5.74) is 5.61. The van der Waals surface area contributed by atoms with Gasteiger partial charge in [-0.1, -0.05) is 11.2 Å². The van der Waals surface area contributed by atoms with Crippen LogP contribution >= 0.6 is 23.7 Å². The highest BCUT2D eigenvalue weighted by Gasteiger charge is 2.10. The first-order valence-corrected chi connectivity index (χ1v) is 5.24. The molecule has 2 rings (SSSR count). The van der Waals surface area contributed by atoms with Crippen molar-refractivity contribution >= 4 is 23.7 Å². The number of hydrogen-bond donors (Lipinski definition) is 1. The molecule has 0 aliphatic rings. The number of nitrogens with zero attached hydrogens (tertiary/aromatic N) is 2. The molecule has 2 aromatic rings. The van der Waals surface area contributed by atoms with Crippen molar-refractivity contribution in [2.24, 2.45) is 5.73 Å². The summed E-state index contributed by atoms with van der Waals surface area (Å²) in [6, 6.07) is 3.86. The molecule has 0 aromatic carbocycles. The van der Waals surface area contributed by atoms with E-state index in [4.69, 9.17) is 10.3 Å². The molecule has 2 heterocycles. The molecule has 0 amide bonds. The Morgan fingerprint density at radius 2 is 2.40 bits per heavy atom. The van der Waals surface area contributed by atoms with Crippen LogP contribution in [0.5, 0.6) is 0 Å². The fraction of sp³-hybridized carbons (Fsp3) is 0.333. The summed E-state index contributed by atoms with van der Waals surface area (Å²) in [7, 11) is 0. The zero-order valence-electron chi connectivity index (χ0n) is 8.21. The molecule has 0 bridgehead atoms. The van der Waals surface area contributed by atoms with Crippen molar-refractivity contribution in [1.82, 2.24) is 10.1 Å². The number of thiophene rings is 1. The van der Waals surface area contributed by atoms with Crippen molar-refractivity contribution in [1.29, 1.82) is 0 Å². The lowest BCUT2D eigenvalue weighted by molar-refractivity contribution is 0.358. The molecule has 1 atom stereocenters. The molecule has 0 saturated carbocycles. The number of nitrogens with two attached hydrogens (primary N) is 1. The van der Waals surface area contributed by atoms with Crippen LogP contribution < -0.4 is 5.73 Å². The van der Waals surface area contributed by atoms with Crippen molar-refractivity contribution in [2.75, 3.05) is 0 Å². The van der Waals surface area contributed by atoms with E-state index in [1.165, 1.54) is 4.88 Å². The highest BCUT2D eigenvalue weighted by Crippen LogP contribution is 2.14. The molecule has 0 radical (unpaired) electrons. The topological polar surface area (TPSA) is 64.9 Å². The van der Waals surface area contributed by atoms with E-state index in [0.717, 1.165) is 0 Å². The van der Waals surface area contributed by atoms with Crippen molar-refractivity contribution < 1.29 is 4.52 Å². The molecule has 15 heavy (non-hydrogen) atoms. The lowest BCUT2D eigenvalue weighted by Crippen LogP contribution is -2.05. The van der Waals surface area contributed by atoms with E-state index in [1.54, 1.807) is 11.3 Å². The summed E-state index contributed by atoms with van der Waals surface area (Å²) >= 11 is 1.68. The Kier molecular flexibility index (Phi) is 4.26. The van der Waals surface area contributed by atoms with Crippen LogP contribution in [0.2, 0.25) is 0 Å². The predicted molar refractivity (Wildman–Crippen MR) is 61.3 cm³/mol. The van der Waals surface area contributed by atoms with Crippen LogP contribution in [-0.2, 0) is 6.42 Å². The van der Waals surface area contributed by atoms with Crippen LogP contribution in [-0.4, -0.2) is 10.1 Å². The molecular formula is C9H12ClN3OS. The quantitative estimate of drug-likeness (QED) is 0.900. The van der Waals surface area contributed by atoms with Gasteiger partial charge in [-0.25, -0.2) is 0 Å². The minimum absolute atomic E-state index is 0. The molecule has 2 N–H and O–H groups in total. The standard InChI is InChI=1S/C9H11N3OS.ClH/c1-6(10)9-11-8(12-13-9)5-7-3-2-4-14-7;/h2-4,6H,5,10H2,1H3;1H/t6-;/m0./s1. The van der Waals surface area contributed by atoms with E-state index in [0.29, 0.717) is 18.1 Å². The van der Waals surface area contributed by atoms with Crippen LogP contribution in [0.15, 0.2) is 22.0 Å². The van der Waals surface area contributed by atoms with Crippen molar-refractivity contribution in [3.05, 3.63) is 34.1 Å². The first kappa shape index (κ1) is 12.2. The Bertz CT molecular complexity index is 399. The summed E-state index contributed by atoms with van der Waals surface area (Å²) < 4.78 is 4.99. The third-order valence-corrected chi connectivity index (χ3v) is 2.66. The SMILES string of the molecule is C[C@H](N)c1nc(Cc2cccs2)no1.Cl. The lowest BCUT2D eigenvalue weighted by Gasteiger charge is -1.92. The van der Waals surface area contributed by atoms with Crippen molar-refractivity contribution in [2.45, 2.75) is 19.4 Å². The zero-order chi connectivity index (χ0) is 9.97. The molecule has 0 unspecified atom stereocenters. The van der Waals surface area contributed by atoms with E-state index in [9.17, 15) is 0 Å². The van der Waals surface area contributed by atoms with Gasteiger partial charge in [0, 0.05) is 11.3 Å². The number of aromatic nitrogens is 2. The first-order chi connectivity index (χ1) is 6.75. The maximum atomic E-state index is 5.61. The molecule has 0 fully saturated rings. The van der Waals surface area contributed by atoms with Crippen molar-refractivity contribution in [3.63, 3.8) is 0 Å². The van der Waals surface area contributed by atoms with E-state index >= 15 is 0 Å². The third kappa shape index (κ3) is 3.02. The van der Waals surface area contributed by atoms with E-state index in [1.807, 2.05) is 24.4 Å². The maximum Gasteiger partial charge on any atom is 0.243 e. The molecule has 0 aliphatic carbocycles. The Hall–Kier alpha value is -0.910. The normalized spacial score (nSPS) is 12.1. The largest absolute Gasteiger partial charge is 0.338 e. The van der Waals surface area contributed by atoms with Crippen LogP contribution in [0.25, 0.3) is 0 Å². The predicted octanol–water partition coefficient (Wildman–Crippen LogP) is 2.16. The van der Waals surface area contributed by atoms with Gasteiger partial charge in [0.15, 0.2) is 5.82 Å². The molecule has 2 aromatic heterocycles. The fourth-order valence-electron chi connectivity index (χ4n) is 1.09. The monoisotopic (exact) mass is 245 g/mol. The third-order valence-electron chi connectivity index (χ3n) is 1.79. The summed E-state index contributed by atoms with van der Waals surface area (Å²) in [6.45, 7) is 1.82. The average Bonchev–Trinajstić information content (AvgIpc) is 2.75. The second-order valence-corrected chi connectivity index (χ2v) is 4.13. The molecule has 0 aliphatic heterocycles. The highest BCUT2D eigenvalue weighted by atomic mass is 35.5. The van der Waals surface area contributed by atoms with Gasteiger partial charge in [0.1, 0.15) is 0 Å². The molecule has 82 valence electrons. The minimum atomic E-state index is -0.195. The Balaban J connectivity index is 0.00000112. The molecule has 6 heteroatoms. The number of rotatable bonds is 3. The van der Waals surface area contributed by atoms with Crippen LogP contribution in [0.1, 0.15) is 29.6 Å². The van der Waals surface area contributed by atoms with Gasteiger partial charge in [0.2, 0.25) is 5.89 Å². The summed E-state index contributed by atoms with van der Waals surface area (Å²) in [6.07, 6.45) is 0.716. The minimum Gasteiger partial charge on any atom is -0.338 e. The summed E-state index contributed by atoms with van der Waals surface area (Å²) in [4.78, 5) is 5.41. The van der Waals surface area contributed by atoms with Gasteiger partial charge in [0.05, 0.1) is 6.04 Å². The van der Waals surface area contributed by atoms with Gasteiger partial charge in [-0.3, -0.25) is 0 Å². The van der Waals surface area contributed by atoms with E-state index in [-0.39, 0.29) is 18.4 Å². The van der Waals surface area contributed by atoms with E-state index < -0.39 is 0 Å². The van der Waals surface area contributed by atoms with Gasteiger partial charge < -0.3 is 10.3 Å². The van der Waals surface area contributed by atoms with Gasteiger partial charge in [-0.05, 0) is 18.4 Å². The van der Waals surface area contributed by atoms with Crippen molar-refractivity contribution in [3.8, 4) is 0 Å². The van der Waals surface area contributed by atoms with Gasteiger partial charge in [0.25, 0.3) is 0 Å². The van der Waals surface area contributed by atoms with Crippen LogP contribution in [0, 0.1) is 0 Å². The maximum absolute atomic E-state index is 5.61. The van der Waals surface area contributed by atoms with Crippen LogP contribution in [0.3, 0.4) is 0 Å². The second-order valence-electron chi connectivity index (χ2n) is 3.09. The lowest BCUT2D eigenvalue weighted by atomic mass is 10.3. The first-order valence-electron chi connectivity index (χ1n) is 4.36. The Morgan fingerprint density at radius 3 is 2.93 bits per heavy atom. The van der Waals surface area contributed by atoms with Gasteiger partial charge >= 0.3 is 0 Å². The number of hydrogen-bond acceptors (Lipinski definition) is 5. The number of halogens is 1. The molecule has 0 spiro atoms. The van der Waals surface area contributed by atoms with Gasteiger partial charge in [-0.15, -0.1) is 23.7 Å². The zero-order valence-corrected chi connectivity index (χ0v) is 9.85. The molecule has 4 nitrogen and oxygen atoms in total. The Labute approximate surface area is 97.9 Å². The highest BCUT2D eigenvalue weighted by molar-refractivity contribution is 7.09. The molecule has 0 saturated heterocycles. The Morgan fingerprint density at radius 1 is 1.60 bits per heavy atom. The molecular weight excluding hydrogens is 234 g/mol. The van der Waals surface area contributed by atoms with Gasteiger partial charge in [-0.2, -0.15) is 4.98 Å². The average molecular weight is 246 g/mol. The second kappa shape index (κ2) is 5.25. The van der Waals surface area contributed by atoms with Crippen LogP contribution in [0.4, 0.5) is 0 Å². The summed E-state index contributed by atoms with van der Waals surface area (Å²) in [5, 5.41) is 5.88. The fourth-order valence-corrected chi connectivity index (χ4v) is 1.79.